The zero-order valence-corrected chi connectivity index (χ0v) is 22.4. The fourth-order valence-electron chi connectivity index (χ4n) is 5.53. The Balaban J connectivity index is 1.30. The minimum atomic E-state index is -1.38. The number of hydrogen-bond acceptors (Lipinski definition) is 7. The van der Waals surface area contributed by atoms with Crippen LogP contribution in [0.15, 0.2) is 66.9 Å². The van der Waals surface area contributed by atoms with Crippen molar-refractivity contribution in [1.82, 2.24) is 20.5 Å². The predicted molar refractivity (Wildman–Crippen MR) is 152 cm³/mol. The molecule has 2 fully saturated rings. The van der Waals surface area contributed by atoms with Gasteiger partial charge in [0, 0.05) is 11.8 Å². The summed E-state index contributed by atoms with van der Waals surface area (Å²) >= 11 is 0. The number of anilines is 1. The number of benzene rings is 2. The maximum Gasteiger partial charge on any atom is 0.250 e. The van der Waals surface area contributed by atoms with E-state index in [1.165, 1.54) is 4.90 Å². The predicted octanol–water partition coefficient (Wildman–Crippen LogP) is 1.68. The summed E-state index contributed by atoms with van der Waals surface area (Å²) in [6.45, 7) is 0.678. The Morgan fingerprint density at radius 3 is 2.67 bits per heavy atom. The van der Waals surface area contributed by atoms with E-state index in [0.29, 0.717) is 18.5 Å². The van der Waals surface area contributed by atoms with Gasteiger partial charge in [-0.3, -0.25) is 19.4 Å². The Kier molecular flexibility index (Phi) is 8.39. The number of carbonyl (C=O) groups is 3. The summed E-state index contributed by atoms with van der Waals surface area (Å²) in [5.74, 6) is -1.25. The van der Waals surface area contributed by atoms with Gasteiger partial charge in [0.25, 0.3) is 0 Å². The van der Waals surface area contributed by atoms with E-state index < -0.39 is 35.7 Å². The van der Waals surface area contributed by atoms with Crippen molar-refractivity contribution in [2.24, 2.45) is 5.73 Å². The van der Waals surface area contributed by atoms with Crippen molar-refractivity contribution in [2.45, 2.75) is 62.4 Å². The number of aromatic nitrogens is 1. The van der Waals surface area contributed by atoms with Gasteiger partial charge in [-0.25, -0.2) is 0 Å². The van der Waals surface area contributed by atoms with E-state index in [0.717, 1.165) is 35.9 Å². The lowest BCUT2D eigenvalue weighted by molar-refractivity contribution is -0.139. The number of hydrogen-bond donors (Lipinski definition) is 5. The number of nitrogens with two attached hydrogens (primary N) is 1. The molecule has 10 heteroatoms. The topological polar surface area (TPSA) is 150 Å². The third-order valence-corrected chi connectivity index (χ3v) is 7.66. The molecule has 0 saturated carbocycles. The molecule has 0 radical (unpaired) electrons. The largest absolute Gasteiger partial charge is 0.383 e. The highest BCUT2D eigenvalue weighted by Crippen LogP contribution is 2.27. The van der Waals surface area contributed by atoms with Gasteiger partial charge in [0.05, 0.1) is 30.0 Å². The second-order valence-electron chi connectivity index (χ2n) is 10.8. The minimum absolute atomic E-state index is 0.00937. The number of amides is 3. The maximum atomic E-state index is 13.6. The number of rotatable bonds is 8. The van der Waals surface area contributed by atoms with Crippen molar-refractivity contribution in [3.05, 3.63) is 72.4 Å². The summed E-state index contributed by atoms with van der Waals surface area (Å²) in [5, 5.41) is 20.3. The summed E-state index contributed by atoms with van der Waals surface area (Å²) in [6, 6.07) is 17.7. The van der Waals surface area contributed by atoms with Gasteiger partial charge < -0.3 is 31.7 Å². The van der Waals surface area contributed by atoms with Crippen molar-refractivity contribution in [2.75, 3.05) is 18.4 Å². The third-order valence-electron chi connectivity index (χ3n) is 7.66. The number of nitrogens with zero attached hydrogens (tertiary/aromatic N) is 2. The molecule has 2 aliphatic heterocycles. The molecule has 210 valence electrons. The molecule has 0 aliphatic carbocycles. The molecule has 2 aromatic carbocycles. The second-order valence-corrected chi connectivity index (χ2v) is 10.8. The Morgan fingerprint density at radius 1 is 1.12 bits per heavy atom. The molecule has 6 N–H and O–H groups in total. The van der Waals surface area contributed by atoms with E-state index in [4.69, 9.17) is 5.73 Å². The summed E-state index contributed by atoms with van der Waals surface area (Å²) < 4.78 is 0. The van der Waals surface area contributed by atoms with E-state index in [-0.39, 0.29) is 25.3 Å². The van der Waals surface area contributed by atoms with Crippen LogP contribution in [0.4, 0.5) is 5.69 Å². The van der Waals surface area contributed by atoms with E-state index >= 15 is 0 Å². The van der Waals surface area contributed by atoms with Gasteiger partial charge in [0.15, 0.2) is 0 Å². The van der Waals surface area contributed by atoms with Crippen molar-refractivity contribution in [3.63, 3.8) is 0 Å². The maximum absolute atomic E-state index is 13.6. The molecule has 4 atom stereocenters. The second kappa shape index (κ2) is 12.1. The first-order valence-electron chi connectivity index (χ1n) is 13.8. The van der Waals surface area contributed by atoms with Crippen LogP contribution in [0.25, 0.3) is 10.9 Å². The first kappa shape index (κ1) is 27.7. The van der Waals surface area contributed by atoms with Crippen LogP contribution < -0.4 is 21.7 Å². The minimum Gasteiger partial charge on any atom is -0.383 e. The number of aliphatic hydroxyl groups is 1. The lowest BCUT2D eigenvalue weighted by Gasteiger charge is -2.31. The molecular weight excluding hydrogens is 508 g/mol. The quantitative estimate of drug-likeness (QED) is 0.271. The molecule has 5 rings (SSSR count). The number of nitrogens with one attached hydrogen (secondary N) is 3. The number of piperidine rings is 1. The van der Waals surface area contributed by atoms with Crippen LogP contribution in [-0.4, -0.2) is 69.7 Å². The molecule has 1 aromatic heterocycles. The molecule has 3 heterocycles. The van der Waals surface area contributed by atoms with E-state index in [1.54, 1.807) is 6.20 Å². The smallest absolute Gasteiger partial charge is 0.250 e. The first-order chi connectivity index (χ1) is 19.3. The van der Waals surface area contributed by atoms with Gasteiger partial charge in [-0.2, -0.15) is 0 Å². The average Bonchev–Trinajstić information content (AvgIpc) is 3.33. The van der Waals surface area contributed by atoms with Gasteiger partial charge in [0.1, 0.15) is 17.8 Å². The van der Waals surface area contributed by atoms with Crippen molar-refractivity contribution in [1.29, 1.82) is 0 Å². The standard InChI is InChI=1S/C30H36N6O4/c31-30(35-28(39)26(37)14-13-20-8-2-1-3-9-20)17-25(36(19-30)29(40)24-12-6-7-15-32-24)27(38)34-22-16-21-10-4-5-11-23(21)33-18-22/h1-5,8-11,16,18,24-26,32,37H,6-7,12-15,17,19,31H2,(H,34,38)(H,35,39)/t24?,25-,26+,30-/m0/s1. The molecule has 3 aromatic rings. The number of aliphatic hydroxyl groups excluding tert-OH is 1. The normalized spacial score (nSPS) is 23.5. The fraction of sp³-hybridized carbons (Fsp3) is 0.400. The number of likely N-dealkylation sites (tertiary alicyclic amines) is 1. The first-order valence-corrected chi connectivity index (χ1v) is 13.8. The fourth-order valence-corrected chi connectivity index (χ4v) is 5.53. The van der Waals surface area contributed by atoms with Crippen LogP contribution in [0, 0.1) is 0 Å². The molecule has 2 saturated heterocycles. The molecule has 40 heavy (non-hydrogen) atoms. The molecule has 3 amide bonds. The number of carbonyl (C=O) groups excluding carboxylic acids is 3. The number of para-hydroxylation sites is 1. The highest BCUT2D eigenvalue weighted by Gasteiger charge is 2.49. The van der Waals surface area contributed by atoms with E-state index in [2.05, 4.69) is 20.9 Å². The van der Waals surface area contributed by atoms with Crippen LogP contribution in [0.2, 0.25) is 0 Å². The Labute approximate surface area is 233 Å². The lowest BCUT2D eigenvalue weighted by atomic mass is 10.0. The van der Waals surface area contributed by atoms with Crippen LogP contribution in [-0.2, 0) is 20.8 Å². The van der Waals surface area contributed by atoms with Crippen LogP contribution in [0.5, 0.6) is 0 Å². The Bertz CT molecular complexity index is 1360. The van der Waals surface area contributed by atoms with Crippen molar-refractivity contribution >= 4 is 34.3 Å². The zero-order valence-electron chi connectivity index (χ0n) is 22.4. The van der Waals surface area contributed by atoms with Crippen molar-refractivity contribution < 1.29 is 19.5 Å². The number of aryl methyl sites for hydroxylation is 1. The van der Waals surface area contributed by atoms with E-state index in [9.17, 15) is 19.5 Å². The Morgan fingerprint density at radius 2 is 1.90 bits per heavy atom. The van der Waals surface area contributed by atoms with Crippen LogP contribution in [0.1, 0.15) is 37.7 Å². The van der Waals surface area contributed by atoms with Crippen LogP contribution in [0.3, 0.4) is 0 Å². The summed E-state index contributed by atoms with van der Waals surface area (Å²) in [5.41, 5.74) is 7.55. The van der Waals surface area contributed by atoms with Crippen molar-refractivity contribution in [3.8, 4) is 0 Å². The van der Waals surface area contributed by atoms with Gasteiger partial charge in [-0.15, -0.1) is 0 Å². The molecule has 0 spiro atoms. The number of pyridine rings is 1. The van der Waals surface area contributed by atoms with Crippen LogP contribution >= 0.6 is 0 Å². The van der Waals surface area contributed by atoms with E-state index in [1.807, 2.05) is 60.7 Å². The van der Waals surface area contributed by atoms with Gasteiger partial charge in [-0.1, -0.05) is 55.0 Å². The molecule has 1 unspecified atom stereocenters. The summed E-state index contributed by atoms with van der Waals surface area (Å²) in [6.07, 6.45) is 3.62. The van der Waals surface area contributed by atoms with Gasteiger partial charge in [-0.05, 0) is 49.9 Å². The molecule has 10 nitrogen and oxygen atoms in total. The third kappa shape index (κ3) is 6.47. The molecule has 0 bridgehead atoms. The van der Waals surface area contributed by atoms with Gasteiger partial charge in [0.2, 0.25) is 17.7 Å². The lowest BCUT2D eigenvalue weighted by Crippen LogP contribution is -2.60. The highest BCUT2D eigenvalue weighted by molar-refractivity contribution is 5.99. The molecule has 2 aliphatic rings. The highest BCUT2D eigenvalue weighted by atomic mass is 16.3. The van der Waals surface area contributed by atoms with Gasteiger partial charge >= 0.3 is 0 Å². The Hall–Kier alpha value is -3.86. The SMILES string of the molecule is N[C@]1(NC(=O)[C@H](O)CCc2ccccc2)C[C@@H](C(=O)Nc2cnc3ccccc3c2)N(C(=O)C2CCCCN2)C1. The summed E-state index contributed by atoms with van der Waals surface area (Å²) in [7, 11) is 0. The molecular formula is C30H36N6O4. The zero-order chi connectivity index (χ0) is 28.1. The number of fused-ring (bicyclic) bond motifs is 1. The monoisotopic (exact) mass is 544 g/mol. The average molecular weight is 545 g/mol. The summed E-state index contributed by atoms with van der Waals surface area (Å²) in [4.78, 5) is 45.9.